The number of para-hydroxylation sites is 1. The molecule has 2 aromatic carbocycles. The number of ketones is 1. The Hall–Kier alpha value is -2.54. The lowest BCUT2D eigenvalue weighted by Gasteiger charge is -2.15. The Morgan fingerprint density at radius 1 is 1.12 bits per heavy atom. The standard InChI is InChI=1S/C19H14F2N2O2S/c20-11-8-9-15(13(21)10-11)23-18(25)12-4-1-2-5-14(12)22-19(23)26-17-7-3-6-16(17)24/h1-2,4-5,8-10,17H,3,6-7H2/t17-/m1/s1. The lowest BCUT2D eigenvalue weighted by molar-refractivity contribution is -0.116. The van der Waals surface area contributed by atoms with Gasteiger partial charge in [0.05, 0.1) is 21.8 Å². The summed E-state index contributed by atoms with van der Waals surface area (Å²) in [6, 6.07) is 9.79. The van der Waals surface area contributed by atoms with Crippen LogP contribution in [-0.2, 0) is 4.79 Å². The van der Waals surface area contributed by atoms with Gasteiger partial charge in [-0.2, -0.15) is 0 Å². The normalized spacial score (nSPS) is 17.2. The Morgan fingerprint density at radius 2 is 1.92 bits per heavy atom. The van der Waals surface area contributed by atoms with Crippen LogP contribution in [0.1, 0.15) is 19.3 Å². The van der Waals surface area contributed by atoms with Gasteiger partial charge in [-0.15, -0.1) is 0 Å². The Labute approximate surface area is 151 Å². The summed E-state index contributed by atoms with van der Waals surface area (Å²) in [5, 5.41) is 0.260. The van der Waals surface area contributed by atoms with Crippen molar-refractivity contribution in [1.82, 2.24) is 9.55 Å². The first-order valence-corrected chi connectivity index (χ1v) is 9.09. The quantitative estimate of drug-likeness (QED) is 0.655. The first kappa shape index (κ1) is 16.9. The molecule has 4 rings (SSSR count). The number of hydrogen-bond acceptors (Lipinski definition) is 4. The predicted octanol–water partition coefficient (Wildman–Crippen LogP) is 3.88. The van der Waals surface area contributed by atoms with Crippen LogP contribution in [-0.4, -0.2) is 20.6 Å². The van der Waals surface area contributed by atoms with Crippen LogP contribution in [0.15, 0.2) is 52.4 Å². The molecule has 132 valence electrons. The third kappa shape index (κ3) is 2.92. The molecule has 1 aromatic heterocycles. The van der Waals surface area contributed by atoms with Crippen molar-refractivity contribution in [2.24, 2.45) is 0 Å². The second kappa shape index (κ2) is 6.64. The van der Waals surface area contributed by atoms with Crippen molar-refractivity contribution in [3.63, 3.8) is 0 Å². The minimum absolute atomic E-state index is 0.0809. The molecule has 7 heteroatoms. The summed E-state index contributed by atoms with van der Waals surface area (Å²) in [5.74, 6) is -1.49. The molecule has 0 amide bonds. The largest absolute Gasteiger partial charge is 0.298 e. The lowest BCUT2D eigenvalue weighted by atomic mass is 10.2. The molecule has 1 aliphatic carbocycles. The van der Waals surface area contributed by atoms with E-state index in [4.69, 9.17) is 0 Å². The zero-order valence-electron chi connectivity index (χ0n) is 13.6. The second-order valence-electron chi connectivity index (χ2n) is 6.11. The zero-order chi connectivity index (χ0) is 18.3. The topological polar surface area (TPSA) is 52.0 Å². The molecule has 0 radical (unpaired) electrons. The number of carbonyl (C=O) groups excluding carboxylic acids is 1. The summed E-state index contributed by atoms with van der Waals surface area (Å²) in [6.07, 6.45) is 1.98. The highest BCUT2D eigenvalue weighted by atomic mass is 32.2. The molecule has 1 saturated carbocycles. The molecule has 1 heterocycles. The van der Waals surface area contributed by atoms with Gasteiger partial charge in [0.2, 0.25) is 0 Å². The molecular formula is C19H14F2N2O2S. The fourth-order valence-electron chi connectivity index (χ4n) is 3.10. The van der Waals surface area contributed by atoms with E-state index in [0.717, 1.165) is 34.9 Å². The van der Waals surface area contributed by atoms with Crippen molar-refractivity contribution in [2.45, 2.75) is 29.7 Å². The smallest absolute Gasteiger partial charge is 0.266 e. The van der Waals surface area contributed by atoms with Gasteiger partial charge >= 0.3 is 0 Å². The van der Waals surface area contributed by atoms with Crippen LogP contribution in [0.25, 0.3) is 16.6 Å². The molecule has 0 saturated heterocycles. The Morgan fingerprint density at radius 3 is 2.65 bits per heavy atom. The lowest BCUT2D eigenvalue weighted by Crippen LogP contribution is -2.24. The average molecular weight is 372 g/mol. The van der Waals surface area contributed by atoms with Crippen molar-refractivity contribution in [3.8, 4) is 5.69 Å². The third-order valence-electron chi connectivity index (χ3n) is 4.39. The summed E-state index contributed by atoms with van der Waals surface area (Å²) in [6.45, 7) is 0. The van der Waals surface area contributed by atoms with Crippen LogP contribution in [0.5, 0.6) is 0 Å². The van der Waals surface area contributed by atoms with Gasteiger partial charge in [0.15, 0.2) is 5.16 Å². The monoisotopic (exact) mass is 372 g/mol. The third-order valence-corrected chi connectivity index (χ3v) is 5.66. The number of hydrogen-bond donors (Lipinski definition) is 0. The molecule has 1 aliphatic rings. The highest BCUT2D eigenvalue weighted by Crippen LogP contribution is 2.33. The Kier molecular flexibility index (Phi) is 4.32. The van der Waals surface area contributed by atoms with E-state index in [1.807, 2.05) is 0 Å². The van der Waals surface area contributed by atoms with E-state index in [0.29, 0.717) is 23.7 Å². The summed E-state index contributed by atoms with van der Waals surface area (Å²) < 4.78 is 28.8. The Balaban J connectivity index is 1.96. The highest BCUT2D eigenvalue weighted by Gasteiger charge is 2.28. The van der Waals surface area contributed by atoms with Crippen molar-refractivity contribution in [2.75, 3.05) is 0 Å². The van der Waals surface area contributed by atoms with Crippen molar-refractivity contribution in [1.29, 1.82) is 0 Å². The maximum atomic E-state index is 14.4. The second-order valence-corrected chi connectivity index (χ2v) is 7.28. The van der Waals surface area contributed by atoms with Gasteiger partial charge < -0.3 is 0 Å². The number of benzene rings is 2. The maximum absolute atomic E-state index is 14.4. The fraction of sp³-hybridized carbons (Fsp3) is 0.211. The molecule has 3 aromatic rings. The molecule has 0 bridgehead atoms. The van der Waals surface area contributed by atoms with Gasteiger partial charge in [-0.05, 0) is 37.1 Å². The van der Waals surface area contributed by atoms with E-state index in [1.165, 1.54) is 6.07 Å². The molecule has 26 heavy (non-hydrogen) atoms. The van der Waals surface area contributed by atoms with Crippen molar-refractivity contribution < 1.29 is 13.6 Å². The molecule has 0 N–H and O–H groups in total. The summed E-state index contributed by atoms with van der Waals surface area (Å²) >= 11 is 1.16. The molecule has 0 spiro atoms. The summed E-state index contributed by atoms with van der Waals surface area (Å²) in [5.41, 5.74) is -0.0548. The SMILES string of the molecule is O=C1CCC[C@H]1Sc1nc2ccccc2c(=O)n1-c1ccc(F)cc1F. The van der Waals surface area contributed by atoms with Crippen LogP contribution < -0.4 is 5.56 Å². The highest BCUT2D eigenvalue weighted by molar-refractivity contribution is 8.00. The number of nitrogens with zero attached hydrogens (tertiary/aromatic N) is 2. The number of carbonyl (C=O) groups is 1. The van der Waals surface area contributed by atoms with E-state index in [-0.39, 0.29) is 21.9 Å². The minimum atomic E-state index is -0.858. The fourth-order valence-corrected chi connectivity index (χ4v) is 4.33. The number of rotatable bonds is 3. The number of halogens is 2. The van der Waals surface area contributed by atoms with Gasteiger partial charge in [0.25, 0.3) is 5.56 Å². The van der Waals surface area contributed by atoms with Gasteiger partial charge in [0, 0.05) is 12.5 Å². The number of fused-ring (bicyclic) bond motifs is 1. The van der Waals surface area contributed by atoms with Crippen LogP contribution in [0.4, 0.5) is 8.78 Å². The van der Waals surface area contributed by atoms with Crippen molar-refractivity contribution in [3.05, 3.63) is 64.5 Å². The van der Waals surface area contributed by atoms with Crippen LogP contribution in [0, 0.1) is 11.6 Å². The number of thioether (sulfide) groups is 1. The molecule has 4 nitrogen and oxygen atoms in total. The van der Waals surface area contributed by atoms with E-state index in [2.05, 4.69) is 4.98 Å². The summed E-state index contributed by atoms with van der Waals surface area (Å²) in [4.78, 5) is 29.5. The molecule has 1 atom stereocenters. The zero-order valence-corrected chi connectivity index (χ0v) is 14.4. The first-order chi connectivity index (χ1) is 12.5. The average Bonchev–Trinajstić information content (AvgIpc) is 3.01. The molecule has 0 aliphatic heterocycles. The van der Waals surface area contributed by atoms with Gasteiger partial charge in [-0.25, -0.2) is 13.8 Å². The van der Waals surface area contributed by atoms with Crippen molar-refractivity contribution >= 4 is 28.4 Å². The predicted molar refractivity (Wildman–Crippen MR) is 95.8 cm³/mol. The molecule has 0 unspecified atom stereocenters. The van der Waals surface area contributed by atoms with Gasteiger partial charge in [0.1, 0.15) is 17.4 Å². The van der Waals surface area contributed by atoms with Gasteiger partial charge in [-0.3, -0.25) is 14.2 Å². The molecular weight excluding hydrogens is 358 g/mol. The van der Waals surface area contributed by atoms with Crippen LogP contribution >= 0.6 is 11.8 Å². The van der Waals surface area contributed by atoms with Crippen LogP contribution in [0.2, 0.25) is 0 Å². The first-order valence-electron chi connectivity index (χ1n) is 8.21. The maximum Gasteiger partial charge on any atom is 0.266 e. The van der Waals surface area contributed by atoms with E-state index in [1.54, 1.807) is 24.3 Å². The van der Waals surface area contributed by atoms with E-state index in [9.17, 15) is 18.4 Å². The molecule has 1 fully saturated rings. The van der Waals surface area contributed by atoms with Gasteiger partial charge in [-0.1, -0.05) is 23.9 Å². The Bertz CT molecular complexity index is 1080. The number of Topliss-reactive ketones (excluding diaryl/α,β-unsaturated/α-hetero) is 1. The van der Waals surface area contributed by atoms with E-state index < -0.39 is 17.2 Å². The van der Waals surface area contributed by atoms with E-state index >= 15 is 0 Å². The number of aromatic nitrogens is 2. The van der Waals surface area contributed by atoms with Crippen LogP contribution in [0.3, 0.4) is 0 Å². The summed E-state index contributed by atoms with van der Waals surface area (Å²) in [7, 11) is 0. The minimum Gasteiger partial charge on any atom is -0.298 e.